The SMILES string of the molecule is COCC1C[C@@H](CO)C[C@@H](CO)C1. The van der Waals surface area contributed by atoms with E-state index in [1.807, 2.05) is 0 Å². The minimum atomic E-state index is 0.247. The molecule has 0 amide bonds. The lowest BCUT2D eigenvalue weighted by Crippen LogP contribution is -2.29. The van der Waals surface area contributed by atoms with Crippen LogP contribution in [0.3, 0.4) is 0 Å². The Morgan fingerprint density at radius 2 is 1.46 bits per heavy atom. The number of aliphatic hydroxyl groups is 2. The maximum atomic E-state index is 9.07. The topological polar surface area (TPSA) is 49.7 Å². The van der Waals surface area contributed by atoms with Gasteiger partial charge < -0.3 is 14.9 Å². The second-order valence-electron chi connectivity index (χ2n) is 4.13. The van der Waals surface area contributed by atoms with Crippen LogP contribution >= 0.6 is 0 Å². The van der Waals surface area contributed by atoms with E-state index in [4.69, 9.17) is 14.9 Å². The molecule has 0 saturated heterocycles. The van der Waals surface area contributed by atoms with E-state index in [1.165, 1.54) is 0 Å². The van der Waals surface area contributed by atoms with Crippen LogP contribution in [0.4, 0.5) is 0 Å². The second-order valence-corrected chi connectivity index (χ2v) is 4.13. The van der Waals surface area contributed by atoms with Crippen molar-refractivity contribution in [2.45, 2.75) is 19.3 Å². The molecule has 0 aromatic heterocycles. The van der Waals surface area contributed by atoms with Gasteiger partial charge in [-0.2, -0.15) is 0 Å². The minimum Gasteiger partial charge on any atom is -0.396 e. The van der Waals surface area contributed by atoms with Crippen LogP contribution in [0.2, 0.25) is 0 Å². The molecule has 1 aliphatic carbocycles. The maximum Gasteiger partial charge on any atom is 0.0490 e. The largest absolute Gasteiger partial charge is 0.396 e. The summed E-state index contributed by atoms with van der Waals surface area (Å²) in [4.78, 5) is 0. The first kappa shape index (κ1) is 11.0. The molecule has 0 aromatic rings. The zero-order valence-corrected chi connectivity index (χ0v) is 8.28. The second kappa shape index (κ2) is 5.58. The lowest BCUT2D eigenvalue weighted by Gasteiger charge is -2.32. The molecule has 0 spiro atoms. The van der Waals surface area contributed by atoms with E-state index in [1.54, 1.807) is 7.11 Å². The van der Waals surface area contributed by atoms with Crippen molar-refractivity contribution in [3.05, 3.63) is 0 Å². The first-order chi connectivity index (χ1) is 6.30. The zero-order valence-electron chi connectivity index (χ0n) is 8.28. The summed E-state index contributed by atoms with van der Waals surface area (Å²) in [5.74, 6) is 1.25. The van der Waals surface area contributed by atoms with Crippen molar-refractivity contribution in [2.75, 3.05) is 26.9 Å². The van der Waals surface area contributed by atoms with Gasteiger partial charge in [0.2, 0.25) is 0 Å². The van der Waals surface area contributed by atoms with E-state index in [0.717, 1.165) is 25.9 Å². The number of rotatable bonds is 4. The third-order valence-corrected chi connectivity index (χ3v) is 2.92. The average Bonchev–Trinajstić information content (AvgIpc) is 2.17. The molecule has 0 heterocycles. The fourth-order valence-electron chi connectivity index (χ4n) is 2.37. The highest BCUT2D eigenvalue weighted by molar-refractivity contribution is 4.78. The summed E-state index contributed by atoms with van der Waals surface area (Å²) in [6.45, 7) is 1.25. The third kappa shape index (κ3) is 3.25. The van der Waals surface area contributed by atoms with Gasteiger partial charge in [-0.15, -0.1) is 0 Å². The normalized spacial score (nSPS) is 34.8. The quantitative estimate of drug-likeness (QED) is 0.681. The molecule has 0 radical (unpaired) electrons. The molecule has 1 aliphatic rings. The van der Waals surface area contributed by atoms with Crippen molar-refractivity contribution in [1.82, 2.24) is 0 Å². The molecule has 3 heteroatoms. The Morgan fingerprint density at radius 1 is 1.00 bits per heavy atom. The maximum absolute atomic E-state index is 9.07. The van der Waals surface area contributed by atoms with Gasteiger partial charge in [-0.1, -0.05) is 0 Å². The lowest BCUT2D eigenvalue weighted by atomic mass is 9.76. The Bertz CT molecular complexity index is 126. The third-order valence-electron chi connectivity index (χ3n) is 2.92. The Morgan fingerprint density at radius 3 is 1.85 bits per heavy atom. The van der Waals surface area contributed by atoms with Crippen LogP contribution in [0.15, 0.2) is 0 Å². The summed E-state index contributed by atoms with van der Waals surface area (Å²) >= 11 is 0. The van der Waals surface area contributed by atoms with E-state index >= 15 is 0 Å². The molecule has 3 nitrogen and oxygen atoms in total. The van der Waals surface area contributed by atoms with E-state index in [0.29, 0.717) is 17.8 Å². The number of hydrogen-bond acceptors (Lipinski definition) is 3. The Kier molecular flexibility index (Phi) is 4.70. The van der Waals surface area contributed by atoms with E-state index in [9.17, 15) is 0 Å². The van der Waals surface area contributed by atoms with Gasteiger partial charge in [0.25, 0.3) is 0 Å². The molecule has 1 unspecified atom stereocenters. The van der Waals surface area contributed by atoms with Gasteiger partial charge in [0.05, 0.1) is 0 Å². The standard InChI is InChI=1S/C10H20O3/c1-13-7-10-3-8(5-11)2-9(4-10)6-12/h8-12H,2-7H2,1H3/t8-,9+,10?. The van der Waals surface area contributed by atoms with Crippen LogP contribution in [-0.2, 0) is 4.74 Å². The minimum absolute atomic E-state index is 0.247. The van der Waals surface area contributed by atoms with Gasteiger partial charge in [-0.05, 0) is 37.0 Å². The highest BCUT2D eigenvalue weighted by Gasteiger charge is 2.27. The van der Waals surface area contributed by atoms with Gasteiger partial charge in [0.15, 0.2) is 0 Å². The van der Waals surface area contributed by atoms with Crippen molar-refractivity contribution in [2.24, 2.45) is 17.8 Å². The van der Waals surface area contributed by atoms with Gasteiger partial charge in [-0.3, -0.25) is 0 Å². The molecule has 3 atom stereocenters. The predicted molar refractivity (Wildman–Crippen MR) is 50.4 cm³/mol. The van der Waals surface area contributed by atoms with Crippen molar-refractivity contribution >= 4 is 0 Å². The summed E-state index contributed by atoms with van der Waals surface area (Å²) in [5.41, 5.74) is 0. The molecular formula is C10H20O3. The molecule has 1 fully saturated rings. The van der Waals surface area contributed by atoms with Crippen molar-refractivity contribution in [3.63, 3.8) is 0 Å². The molecule has 1 saturated carbocycles. The fraction of sp³-hybridized carbons (Fsp3) is 1.00. The Hall–Kier alpha value is -0.120. The van der Waals surface area contributed by atoms with E-state index in [-0.39, 0.29) is 13.2 Å². The number of methoxy groups -OCH3 is 1. The molecule has 0 aliphatic heterocycles. The number of ether oxygens (including phenoxy) is 1. The summed E-state index contributed by atoms with van der Waals surface area (Å²) in [6.07, 6.45) is 3.05. The van der Waals surface area contributed by atoms with Crippen molar-refractivity contribution in [3.8, 4) is 0 Å². The predicted octanol–water partition coefficient (Wildman–Crippen LogP) is 0.650. The number of aliphatic hydroxyl groups excluding tert-OH is 2. The molecule has 2 N–H and O–H groups in total. The molecule has 0 bridgehead atoms. The van der Waals surface area contributed by atoms with Crippen LogP contribution < -0.4 is 0 Å². The molecule has 78 valence electrons. The zero-order chi connectivity index (χ0) is 9.68. The first-order valence-corrected chi connectivity index (χ1v) is 5.00. The van der Waals surface area contributed by atoms with Gasteiger partial charge in [0, 0.05) is 26.9 Å². The summed E-state index contributed by atoms with van der Waals surface area (Å²) in [5, 5.41) is 18.1. The van der Waals surface area contributed by atoms with Gasteiger partial charge in [-0.25, -0.2) is 0 Å². The van der Waals surface area contributed by atoms with Crippen molar-refractivity contribution in [1.29, 1.82) is 0 Å². The lowest BCUT2D eigenvalue weighted by molar-refractivity contribution is 0.0507. The van der Waals surface area contributed by atoms with Crippen molar-refractivity contribution < 1.29 is 14.9 Å². The Labute approximate surface area is 79.7 Å². The van der Waals surface area contributed by atoms with Crippen LogP contribution in [0.25, 0.3) is 0 Å². The number of hydrogen-bond donors (Lipinski definition) is 2. The van der Waals surface area contributed by atoms with E-state index in [2.05, 4.69) is 0 Å². The van der Waals surface area contributed by atoms with Crippen LogP contribution in [0.5, 0.6) is 0 Å². The highest BCUT2D eigenvalue weighted by Crippen LogP contribution is 2.32. The van der Waals surface area contributed by atoms with Crippen LogP contribution in [0, 0.1) is 17.8 Å². The van der Waals surface area contributed by atoms with E-state index < -0.39 is 0 Å². The fourth-order valence-corrected chi connectivity index (χ4v) is 2.37. The molecular weight excluding hydrogens is 168 g/mol. The van der Waals surface area contributed by atoms with Crippen LogP contribution in [0.1, 0.15) is 19.3 Å². The highest BCUT2D eigenvalue weighted by atomic mass is 16.5. The van der Waals surface area contributed by atoms with Gasteiger partial charge in [0.1, 0.15) is 0 Å². The average molecular weight is 188 g/mol. The smallest absolute Gasteiger partial charge is 0.0490 e. The van der Waals surface area contributed by atoms with Gasteiger partial charge >= 0.3 is 0 Å². The molecule has 13 heavy (non-hydrogen) atoms. The summed E-state index contributed by atoms with van der Waals surface area (Å²) < 4.78 is 5.10. The summed E-state index contributed by atoms with van der Waals surface area (Å²) in [7, 11) is 1.70. The monoisotopic (exact) mass is 188 g/mol. The first-order valence-electron chi connectivity index (χ1n) is 5.00. The Balaban J connectivity index is 2.39. The summed E-state index contributed by atoms with van der Waals surface area (Å²) in [6, 6.07) is 0. The van der Waals surface area contributed by atoms with Crippen LogP contribution in [-0.4, -0.2) is 37.1 Å². The molecule has 0 aromatic carbocycles. The molecule has 1 rings (SSSR count).